The maximum atomic E-state index is 11.9. The number of rotatable bonds is 3. The molecule has 2 heteroatoms. The van der Waals surface area contributed by atoms with Gasteiger partial charge in [-0.2, -0.15) is 0 Å². The summed E-state index contributed by atoms with van der Waals surface area (Å²) in [5.74, 6) is 2.00. The zero-order valence-corrected chi connectivity index (χ0v) is 17.5. The molecule has 1 aromatic carbocycles. The standard InChI is InChI=1S/C26H33NO/c1-27(2)20-8-5-18(6-9-20)17-26-14-3-4-25(26)24-11-7-19-16-21(28)10-12-22(19)23(24)13-15-26/h5-6,8-9,16,24-25H,3-4,7,10-15,17H2,1-2H3/t24-,25+,26+/m1/s1. The van der Waals surface area contributed by atoms with Crippen molar-refractivity contribution in [1.29, 1.82) is 0 Å². The Kier molecular flexibility index (Phi) is 4.49. The number of fused-ring (bicyclic) bond motifs is 4. The van der Waals surface area contributed by atoms with Crippen LogP contribution in [0.3, 0.4) is 0 Å². The van der Waals surface area contributed by atoms with Crippen LogP contribution in [0.4, 0.5) is 5.69 Å². The van der Waals surface area contributed by atoms with Crippen molar-refractivity contribution in [1.82, 2.24) is 0 Å². The highest BCUT2D eigenvalue weighted by Gasteiger charge is 2.51. The fraction of sp³-hybridized carbons (Fsp3) is 0.577. The topological polar surface area (TPSA) is 20.3 Å². The van der Waals surface area contributed by atoms with Crippen molar-refractivity contribution in [2.45, 2.75) is 64.2 Å². The first-order valence-corrected chi connectivity index (χ1v) is 11.3. The third kappa shape index (κ3) is 2.96. The molecule has 0 saturated heterocycles. The average Bonchev–Trinajstić information content (AvgIpc) is 3.11. The normalized spacial score (nSPS) is 31.8. The molecule has 1 aromatic rings. The van der Waals surface area contributed by atoms with E-state index in [0.29, 0.717) is 11.2 Å². The Morgan fingerprint density at radius 3 is 2.61 bits per heavy atom. The Bertz CT molecular complexity index is 844. The predicted molar refractivity (Wildman–Crippen MR) is 116 cm³/mol. The molecule has 2 saturated carbocycles. The third-order valence-corrected chi connectivity index (χ3v) is 8.27. The van der Waals surface area contributed by atoms with E-state index in [1.807, 2.05) is 6.08 Å². The lowest BCUT2D eigenvalue weighted by Crippen LogP contribution is -2.40. The zero-order valence-electron chi connectivity index (χ0n) is 17.5. The van der Waals surface area contributed by atoms with Crippen molar-refractivity contribution < 1.29 is 4.79 Å². The number of anilines is 1. The summed E-state index contributed by atoms with van der Waals surface area (Å²) in [6.07, 6.45) is 14.3. The SMILES string of the molecule is CN(C)c1ccc(C[C@@]23CCC[C@H]2[C@@H]2CCC4=CC(=O)CCC4=C2CC3)cc1. The molecule has 2 nitrogen and oxygen atoms in total. The van der Waals surface area contributed by atoms with Crippen molar-refractivity contribution in [2.75, 3.05) is 19.0 Å². The number of carbonyl (C=O) groups excluding carboxylic acids is 1. The summed E-state index contributed by atoms with van der Waals surface area (Å²) in [5, 5.41) is 0. The van der Waals surface area contributed by atoms with Gasteiger partial charge in [0.25, 0.3) is 0 Å². The van der Waals surface area contributed by atoms with Crippen LogP contribution in [0.2, 0.25) is 0 Å². The summed E-state index contributed by atoms with van der Waals surface area (Å²) in [4.78, 5) is 14.1. The summed E-state index contributed by atoms with van der Waals surface area (Å²) >= 11 is 0. The predicted octanol–water partition coefficient (Wildman–Crippen LogP) is 5.87. The van der Waals surface area contributed by atoms with Crippen molar-refractivity contribution in [2.24, 2.45) is 17.3 Å². The van der Waals surface area contributed by atoms with E-state index in [-0.39, 0.29) is 0 Å². The minimum absolute atomic E-state index is 0.352. The van der Waals surface area contributed by atoms with Crippen LogP contribution in [0.1, 0.15) is 63.4 Å². The first-order chi connectivity index (χ1) is 13.6. The van der Waals surface area contributed by atoms with Gasteiger partial charge in [-0.1, -0.05) is 24.1 Å². The minimum Gasteiger partial charge on any atom is -0.378 e. The number of carbonyl (C=O) groups is 1. The van der Waals surface area contributed by atoms with Crippen LogP contribution >= 0.6 is 0 Å². The number of hydrogen-bond donors (Lipinski definition) is 0. The van der Waals surface area contributed by atoms with Crippen molar-refractivity contribution in [3.63, 3.8) is 0 Å². The summed E-state index contributed by atoms with van der Waals surface area (Å²) in [6.45, 7) is 0. The maximum Gasteiger partial charge on any atom is 0.156 e. The van der Waals surface area contributed by atoms with Crippen molar-refractivity contribution in [3.05, 3.63) is 52.6 Å². The van der Waals surface area contributed by atoms with E-state index in [9.17, 15) is 4.79 Å². The lowest BCUT2D eigenvalue weighted by molar-refractivity contribution is -0.114. The molecule has 0 amide bonds. The second-order valence-corrected chi connectivity index (χ2v) is 9.88. The molecule has 4 aliphatic rings. The van der Waals surface area contributed by atoms with Crippen LogP contribution in [0.25, 0.3) is 0 Å². The van der Waals surface area contributed by atoms with Gasteiger partial charge in [0.1, 0.15) is 0 Å². The van der Waals surface area contributed by atoms with Gasteiger partial charge in [-0.05, 0) is 104 Å². The quantitative estimate of drug-likeness (QED) is 0.658. The molecule has 0 bridgehead atoms. The van der Waals surface area contributed by atoms with E-state index >= 15 is 0 Å². The molecule has 5 rings (SSSR count). The van der Waals surface area contributed by atoms with Gasteiger partial charge in [0.05, 0.1) is 0 Å². The van der Waals surface area contributed by atoms with Gasteiger partial charge in [-0.15, -0.1) is 0 Å². The Morgan fingerprint density at radius 2 is 1.82 bits per heavy atom. The van der Waals surface area contributed by atoms with E-state index in [0.717, 1.165) is 31.1 Å². The summed E-state index contributed by atoms with van der Waals surface area (Å²) < 4.78 is 0. The molecule has 0 heterocycles. The molecule has 0 N–H and O–H groups in total. The second-order valence-electron chi connectivity index (χ2n) is 9.88. The Labute approximate surface area is 169 Å². The molecule has 0 spiro atoms. The second kappa shape index (κ2) is 6.90. The monoisotopic (exact) mass is 375 g/mol. The van der Waals surface area contributed by atoms with Crippen LogP contribution in [0, 0.1) is 17.3 Å². The van der Waals surface area contributed by atoms with Crippen LogP contribution in [-0.2, 0) is 11.2 Å². The van der Waals surface area contributed by atoms with Gasteiger partial charge in [-0.3, -0.25) is 4.79 Å². The minimum atomic E-state index is 0.352. The van der Waals surface area contributed by atoms with E-state index in [1.54, 1.807) is 11.1 Å². The molecule has 148 valence electrons. The molecule has 0 aliphatic heterocycles. The first-order valence-electron chi connectivity index (χ1n) is 11.3. The van der Waals surface area contributed by atoms with Crippen LogP contribution < -0.4 is 4.90 Å². The van der Waals surface area contributed by atoms with Gasteiger partial charge in [0.15, 0.2) is 5.78 Å². The molecule has 28 heavy (non-hydrogen) atoms. The average molecular weight is 376 g/mol. The summed E-state index contributed by atoms with van der Waals surface area (Å²) in [6, 6.07) is 9.29. The molecule has 2 fully saturated rings. The van der Waals surface area contributed by atoms with Gasteiger partial charge in [0, 0.05) is 26.2 Å². The maximum absolute atomic E-state index is 11.9. The number of nitrogens with zero attached hydrogens (tertiary/aromatic N) is 1. The highest BCUT2D eigenvalue weighted by Crippen LogP contribution is 2.61. The number of allylic oxidation sites excluding steroid dienone is 4. The zero-order chi connectivity index (χ0) is 19.3. The van der Waals surface area contributed by atoms with Gasteiger partial charge < -0.3 is 4.90 Å². The molecular weight excluding hydrogens is 342 g/mol. The van der Waals surface area contributed by atoms with Gasteiger partial charge >= 0.3 is 0 Å². The summed E-state index contributed by atoms with van der Waals surface area (Å²) in [5.41, 5.74) is 8.08. The number of benzene rings is 1. The summed E-state index contributed by atoms with van der Waals surface area (Å²) in [7, 11) is 4.23. The van der Waals surface area contributed by atoms with Crippen molar-refractivity contribution in [3.8, 4) is 0 Å². The fourth-order valence-electron chi connectivity index (χ4n) is 6.96. The number of ketones is 1. The first kappa shape index (κ1) is 18.2. The molecule has 0 radical (unpaired) electrons. The fourth-order valence-corrected chi connectivity index (χ4v) is 6.96. The van der Waals surface area contributed by atoms with Crippen molar-refractivity contribution >= 4 is 11.5 Å². The lowest BCUT2D eigenvalue weighted by atomic mass is 9.56. The van der Waals surface area contributed by atoms with E-state index in [1.165, 1.54) is 61.8 Å². The van der Waals surface area contributed by atoms with E-state index < -0.39 is 0 Å². The van der Waals surface area contributed by atoms with Gasteiger partial charge in [-0.25, -0.2) is 0 Å². The van der Waals surface area contributed by atoms with E-state index in [2.05, 4.69) is 43.3 Å². The largest absolute Gasteiger partial charge is 0.378 e. The van der Waals surface area contributed by atoms with Crippen LogP contribution in [-0.4, -0.2) is 19.9 Å². The Hall–Kier alpha value is -1.83. The number of hydrogen-bond acceptors (Lipinski definition) is 2. The highest BCUT2D eigenvalue weighted by molar-refractivity contribution is 5.93. The smallest absolute Gasteiger partial charge is 0.156 e. The Balaban J connectivity index is 1.43. The Morgan fingerprint density at radius 1 is 1.00 bits per heavy atom. The molecule has 0 unspecified atom stereocenters. The molecule has 0 aromatic heterocycles. The van der Waals surface area contributed by atoms with E-state index in [4.69, 9.17) is 0 Å². The third-order valence-electron chi connectivity index (χ3n) is 8.27. The molecule has 4 aliphatic carbocycles. The molecular formula is C26H33NO. The lowest BCUT2D eigenvalue weighted by Gasteiger charge is -2.49. The highest BCUT2D eigenvalue weighted by atomic mass is 16.1. The van der Waals surface area contributed by atoms with Crippen LogP contribution in [0.5, 0.6) is 0 Å². The van der Waals surface area contributed by atoms with Gasteiger partial charge in [0.2, 0.25) is 0 Å². The molecule has 3 atom stereocenters. The van der Waals surface area contributed by atoms with Crippen LogP contribution in [0.15, 0.2) is 47.1 Å².